The third kappa shape index (κ3) is 5.75. The molecule has 0 radical (unpaired) electrons. The molecule has 4 aromatic rings. The van der Waals surface area contributed by atoms with Gasteiger partial charge >= 0.3 is 5.97 Å². The number of carbonyl (C=O) groups is 2. The lowest BCUT2D eigenvalue weighted by molar-refractivity contribution is -0.147. The maximum absolute atomic E-state index is 13.1. The number of nitrogens with one attached hydrogen (secondary N) is 1. The zero-order valence-corrected chi connectivity index (χ0v) is 22.9. The molecule has 3 aromatic carbocycles. The zero-order chi connectivity index (χ0) is 27.6. The number of aryl methyl sites for hydroxylation is 2. The van der Waals surface area contributed by atoms with Crippen molar-refractivity contribution in [2.75, 3.05) is 0 Å². The van der Waals surface area contributed by atoms with Gasteiger partial charge in [0, 0.05) is 35.1 Å². The van der Waals surface area contributed by atoms with Crippen molar-refractivity contribution >= 4 is 22.8 Å². The van der Waals surface area contributed by atoms with Crippen LogP contribution in [0.5, 0.6) is 5.75 Å². The van der Waals surface area contributed by atoms with Crippen LogP contribution < -0.4 is 10.1 Å². The number of aliphatic carboxylic acids is 1. The van der Waals surface area contributed by atoms with Crippen molar-refractivity contribution in [3.8, 4) is 5.75 Å². The maximum Gasteiger partial charge on any atom is 0.345 e. The van der Waals surface area contributed by atoms with Crippen molar-refractivity contribution in [2.45, 2.75) is 53.2 Å². The monoisotopic (exact) mass is 512 g/mol. The highest BCUT2D eigenvalue weighted by Crippen LogP contribution is 2.29. The Bertz CT molecular complexity index is 1480. The number of aromatic nitrogens is 1. The van der Waals surface area contributed by atoms with E-state index < -0.39 is 12.1 Å². The number of nitrogens with zero attached hydrogens (tertiary/aromatic N) is 1. The van der Waals surface area contributed by atoms with Crippen LogP contribution in [0.4, 0.5) is 0 Å². The predicted molar refractivity (Wildman–Crippen MR) is 151 cm³/mol. The first-order chi connectivity index (χ1) is 18.0. The molecule has 4 rings (SSSR count). The highest BCUT2D eigenvalue weighted by atomic mass is 16.5. The smallest absolute Gasteiger partial charge is 0.345 e. The summed E-state index contributed by atoms with van der Waals surface area (Å²) in [4.78, 5) is 24.7. The SMILES string of the molecule is Cc1cccc([C@H](C)NC(=O)c2ccc3c(Cc4cccc(OC(C(=O)O)C(C)C)c4)c(C)n(C)c3c2)c1. The lowest BCUT2D eigenvalue weighted by atomic mass is 10.0. The summed E-state index contributed by atoms with van der Waals surface area (Å²) < 4.78 is 7.92. The third-order valence-corrected chi connectivity index (χ3v) is 7.17. The van der Waals surface area contributed by atoms with E-state index >= 15 is 0 Å². The van der Waals surface area contributed by atoms with E-state index in [9.17, 15) is 14.7 Å². The summed E-state index contributed by atoms with van der Waals surface area (Å²) in [5.74, 6) is -0.682. The molecular weight excluding hydrogens is 476 g/mol. The molecule has 1 heterocycles. The van der Waals surface area contributed by atoms with Crippen LogP contribution in [0, 0.1) is 19.8 Å². The summed E-state index contributed by atoms with van der Waals surface area (Å²) in [7, 11) is 2.01. The van der Waals surface area contributed by atoms with Crippen molar-refractivity contribution in [2.24, 2.45) is 13.0 Å². The molecule has 0 saturated carbocycles. The summed E-state index contributed by atoms with van der Waals surface area (Å²) in [6.45, 7) is 9.78. The average molecular weight is 513 g/mol. The molecule has 0 saturated heterocycles. The van der Waals surface area contributed by atoms with E-state index in [1.807, 2.05) is 89.3 Å². The van der Waals surface area contributed by atoms with Gasteiger partial charge in [0.1, 0.15) is 5.75 Å². The number of carbonyl (C=O) groups excluding carboxylic acids is 1. The zero-order valence-electron chi connectivity index (χ0n) is 22.9. The molecule has 0 bridgehead atoms. The second-order valence-corrected chi connectivity index (χ2v) is 10.4. The fraction of sp³-hybridized carbons (Fsp3) is 0.312. The molecule has 6 heteroatoms. The predicted octanol–water partition coefficient (Wildman–Crippen LogP) is 6.36. The second-order valence-electron chi connectivity index (χ2n) is 10.4. The standard InChI is InChI=1S/C32H36N2O4/c1-19(2)30(32(36)37)38-26-12-8-10-23(16-26)17-28-22(5)34(6)29-18-25(13-14-27(28)29)31(35)33-21(4)24-11-7-9-20(3)15-24/h7-16,18-19,21,30H,17H2,1-6H3,(H,33,35)(H,36,37)/t21-,30?/m0/s1. The van der Waals surface area contributed by atoms with Crippen LogP contribution in [0.1, 0.15) is 65.1 Å². The molecule has 1 amide bonds. The molecule has 198 valence electrons. The number of hydrogen-bond donors (Lipinski definition) is 2. The van der Waals surface area contributed by atoms with Gasteiger partial charge in [0.2, 0.25) is 0 Å². The molecule has 2 atom stereocenters. The fourth-order valence-corrected chi connectivity index (χ4v) is 4.86. The number of hydrogen-bond acceptors (Lipinski definition) is 3. The minimum absolute atomic E-state index is 0.102. The Labute approximate surface area is 224 Å². The molecule has 0 aliphatic carbocycles. The highest BCUT2D eigenvalue weighted by molar-refractivity contribution is 5.99. The Kier molecular flexibility index (Phi) is 7.91. The second kappa shape index (κ2) is 11.1. The number of amides is 1. The summed E-state index contributed by atoms with van der Waals surface area (Å²) in [6.07, 6.45) is -0.238. The van der Waals surface area contributed by atoms with Crippen molar-refractivity contribution in [3.05, 3.63) is 100 Å². The van der Waals surface area contributed by atoms with Crippen molar-refractivity contribution < 1.29 is 19.4 Å². The lowest BCUT2D eigenvalue weighted by Crippen LogP contribution is -2.32. The van der Waals surface area contributed by atoms with Gasteiger partial charge in [-0.1, -0.05) is 61.9 Å². The Morgan fingerprint density at radius 2 is 1.71 bits per heavy atom. The van der Waals surface area contributed by atoms with Crippen LogP contribution >= 0.6 is 0 Å². The van der Waals surface area contributed by atoms with Gasteiger partial charge in [0.15, 0.2) is 6.10 Å². The molecule has 0 aliphatic heterocycles. The van der Waals surface area contributed by atoms with Gasteiger partial charge in [-0.2, -0.15) is 0 Å². The first-order valence-corrected chi connectivity index (χ1v) is 13.0. The van der Waals surface area contributed by atoms with Crippen LogP contribution in [-0.2, 0) is 18.3 Å². The Morgan fingerprint density at radius 1 is 0.974 bits per heavy atom. The minimum atomic E-state index is -0.969. The number of carboxylic acid groups (broad SMARTS) is 1. The first kappa shape index (κ1) is 27.0. The van der Waals surface area contributed by atoms with Gasteiger partial charge in [0.25, 0.3) is 5.91 Å². The van der Waals surface area contributed by atoms with Gasteiger partial charge in [-0.05, 0) is 68.1 Å². The largest absolute Gasteiger partial charge is 0.478 e. The van der Waals surface area contributed by atoms with E-state index in [1.54, 1.807) is 6.07 Å². The molecular formula is C32H36N2O4. The first-order valence-electron chi connectivity index (χ1n) is 13.0. The normalized spacial score (nSPS) is 12.9. The topological polar surface area (TPSA) is 80.6 Å². The van der Waals surface area contributed by atoms with E-state index in [0.29, 0.717) is 17.7 Å². The summed E-state index contributed by atoms with van der Waals surface area (Å²) in [6, 6.07) is 21.5. The van der Waals surface area contributed by atoms with Gasteiger partial charge in [-0.3, -0.25) is 4.79 Å². The number of rotatable bonds is 9. The van der Waals surface area contributed by atoms with Gasteiger partial charge < -0.3 is 19.7 Å². The van der Waals surface area contributed by atoms with Crippen LogP contribution in [0.3, 0.4) is 0 Å². The molecule has 0 spiro atoms. The molecule has 38 heavy (non-hydrogen) atoms. The quantitative estimate of drug-likeness (QED) is 0.273. The van der Waals surface area contributed by atoms with E-state index in [2.05, 4.69) is 22.9 Å². The molecule has 0 fully saturated rings. The van der Waals surface area contributed by atoms with Crippen molar-refractivity contribution in [3.63, 3.8) is 0 Å². The van der Waals surface area contributed by atoms with E-state index in [-0.39, 0.29) is 17.9 Å². The molecule has 6 nitrogen and oxygen atoms in total. The summed E-state index contributed by atoms with van der Waals surface area (Å²) >= 11 is 0. The van der Waals surface area contributed by atoms with Gasteiger partial charge in [-0.25, -0.2) is 4.79 Å². The van der Waals surface area contributed by atoms with Crippen LogP contribution in [0.2, 0.25) is 0 Å². The molecule has 2 N–H and O–H groups in total. The Balaban J connectivity index is 1.57. The molecule has 1 unspecified atom stereocenters. The van der Waals surface area contributed by atoms with E-state index in [0.717, 1.165) is 33.3 Å². The maximum atomic E-state index is 13.1. The Morgan fingerprint density at radius 3 is 2.39 bits per heavy atom. The summed E-state index contributed by atoms with van der Waals surface area (Å²) in [5.41, 5.74) is 7.15. The van der Waals surface area contributed by atoms with Crippen molar-refractivity contribution in [1.82, 2.24) is 9.88 Å². The van der Waals surface area contributed by atoms with Crippen LogP contribution in [0.15, 0.2) is 66.7 Å². The number of benzene rings is 3. The van der Waals surface area contributed by atoms with Crippen LogP contribution in [-0.4, -0.2) is 27.7 Å². The minimum Gasteiger partial charge on any atom is -0.478 e. The number of ether oxygens (including phenoxy) is 1. The molecule has 1 aromatic heterocycles. The van der Waals surface area contributed by atoms with Crippen molar-refractivity contribution in [1.29, 1.82) is 0 Å². The van der Waals surface area contributed by atoms with Gasteiger partial charge in [0.05, 0.1) is 6.04 Å². The third-order valence-electron chi connectivity index (χ3n) is 7.17. The number of fused-ring (bicyclic) bond motifs is 1. The average Bonchev–Trinajstić information content (AvgIpc) is 3.11. The Hall–Kier alpha value is -4.06. The van der Waals surface area contributed by atoms with Gasteiger partial charge in [-0.15, -0.1) is 0 Å². The van der Waals surface area contributed by atoms with E-state index in [1.165, 1.54) is 5.56 Å². The van der Waals surface area contributed by atoms with Crippen LogP contribution in [0.25, 0.3) is 10.9 Å². The summed E-state index contributed by atoms with van der Waals surface area (Å²) in [5, 5.41) is 13.7. The molecule has 0 aliphatic rings. The lowest BCUT2D eigenvalue weighted by Gasteiger charge is -2.18. The van der Waals surface area contributed by atoms with E-state index in [4.69, 9.17) is 4.74 Å². The fourth-order valence-electron chi connectivity index (χ4n) is 4.86. The highest BCUT2D eigenvalue weighted by Gasteiger charge is 2.23. The number of carboxylic acids is 1.